The van der Waals surface area contributed by atoms with Crippen LogP contribution in [0.4, 0.5) is 0 Å². The molecular formula is C20H29N5O. The van der Waals surface area contributed by atoms with E-state index in [0.717, 1.165) is 35.8 Å². The zero-order chi connectivity index (χ0) is 18.7. The van der Waals surface area contributed by atoms with Gasteiger partial charge in [0.2, 0.25) is 0 Å². The van der Waals surface area contributed by atoms with Crippen LogP contribution >= 0.6 is 0 Å². The average Bonchev–Trinajstić information content (AvgIpc) is 2.88. The second-order valence-electron chi connectivity index (χ2n) is 6.96. The van der Waals surface area contributed by atoms with Gasteiger partial charge in [-0.1, -0.05) is 6.07 Å². The Morgan fingerprint density at radius 1 is 1.15 bits per heavy atom. The molecule has 1 heterocycles. The van der Waals surface area contributed by atoms with Crippen LogP contribution in [0.5, 0.6) is 5.75 Å². The van der Waals surface area contributed by atoms with Crippen molar-refractivity contribution >= 4 is 5.96 Å². The highest BCUT2D eigenvalue weighted by Crippen LogP contribution is 2.30. The molecule has 0 atom stereocenters. The van der Waals surface area contributed by atoms with Crippen LogP contribution < -0.4 is 10.6 Å². The van der Waals surface area contributed by atoms with E-state index in [-0.39, 0.29) is 0 Å². The molecule has 2 aromatic rings. The summed E-state index contributed by atoms with van der Waals surface area (Å²) in [5.41, 5.74) is 7.05. The maximum Gasteiger partial charge on any atom is 0.191 e. The van der Waals surface area contributed by atoms with E-state index in [1.165, 1.54) is 29.5 Å². The molecule has 0 unspecified atom stereocenters. The molecule has 0 spiro atoms. The Hall–Kier alpha value is -2.50. The van der Waals surface area contributed by atoms with Crippen LogP contribution in [0.3, 0.4) is 0 Å². The Bertz CT molecular complexity index is 822. The topological polar surface area (TPSA) is 74.5 Å². The van der Waals surface area contributed by atoms with Crippen molar-refractivity contribution in [3.05, 3.63) is 45.8 Å². The number of nitrogens with one attached hydrogen (secondary N) is 2. The number of hydrogen-bond donors (Lipinski definition) is 3. The summed E-state index contributed by atoms with van der Waals surface area (Å²) in [6.45, 7) is 5.33. The van der Waals surface area contributed by atoms with Crippen molar-refractivity contribution < 1.29 is 5.11 Å². The fraction of sp³-hybridized carbons (Fsp3) is 0.500. The van der Waals surface area contributed by atoms with Gasteiger partial charge in [0.1, 0.15) is 5.75 Å². The first-order valence-electron chi connectivity index (χ1n) is 9.27. The molecule has 0 saturated heterocycles. The maximum absolute atomic E-state index is 10.3. The molecule has 6 nitrogen and oxygen atoms in total. The van der Waals surface area contributed by atoms with Gasteiger partial charge < -0.3 is 15.7 Å². The molecule has 26 heavy (non-hydrogen) atoms. The van der Waals surface area contributed by atoms with Gasteiger partial charge in [-0.3, -0.25) is 9.67 Å². The van der Waals surface area contributed by atoms with E-state index in [2.05, 4.69) is 33.7 Å². The number of hydrogen-bond acceptors (Lipinski definition) is 3. The fourth-order valence-corrected chi connectivity index (χ4v) is 3.73. The van der Waals surface area contributed by atoms with Crippen molar-refractivity contribution in [2.45, 2.75) is 52.6 Å². The first-order chi connectivity index (χ1) is 12.5. The highest BCUT2D eigenvalue weighted by molar-refractivity contribution is 5.79. The van der Waals surface area contributed by atoms with Crippen molar-refractivity contribution in [2.75, 3.05) is 7.05 Å². The lowest BCUT2D eigenvalue weighted by Gasteiger charge is -2.21. The van der Waals surface area contributed by atoms with Crippen molar-refractivity contribution in [1.82, 2.24) is 20.4 Å². The van der Waals surface area contributed by atoms with Crippen LogP contribution in [0.15, 0.2) is 17.1 Å². The van der Waals surface area contributed by atoms with Crippen LogP contribution in [0.2, 0.25) is 0 Å². The Morgan fingerprint density at radius 2 is 1.85 bits per heavy atom. The number of aromatic hydroxyl groups is 1. The van der Waals surface area contributed by atoms with Crippen molar-refractivity contribution in [2.24, 2.45) is 12.0 Å². The third kappa shape index (κ3) is 3.69. The molecule has 0 aliphatic heterocycles. The molecule has 0 bridgehead atoms. The maximum atomic E-state index is 10.3. The second kappa shape index (κ2) is 7.81. The minimum Gasteiger partial charge on any atom is -0.508 e. The number of aliphatic imine (C=N–C) groups is 1. The summed E-state index contributed by atoms with van der Waals surface area (Å²) in [7, 11) is 3.72. The lowest BCUT2D eigenvalue weighted by atomic mass is 9.88. The molecule has 1 aromatic carbocycles. The van der Waals surface area contributed by atoms with Crippen molar-refractivity contribution in [1.29, 1.82) is 0 Å². The number of nitrogens with zero attached hydrogens (tertiary/aromatic N) is 3. The van der Waals surface area contributed by atoms with Crippen molar-refractivity contribution in [3.8, 4) is 5.75 Å². The summed E-state index contributed by atoms with van der Waals surface area (Å²) in [6, 6.07) is 3.88. The Balaban J connectivity index is 1.67. The molecule has 6 heteroatoms. The average molecular weight is 355 g/mol. The number of phenols is 1. The number of guanidine groups is 1. The minimum atomic E-state index is 0.368. The zero-order valence-corrected chi connectivity index (χ0v) is 16.2. The molecule has 3 N–H and O–H groups in total. The van der Waals surface area contributed by atoms with Crippen molar-refractivity contribution in [3.63, 3.8) is 0 Å². The van der Waals surface area contributed by atoms with E-state index in [1.54, 1.807) is 7.05 Å². The Kier molecular flexibility index (Phi) is 5.49. The molecule has 1 aromatic heterocycles. The molecule has 0 fully saturated rings. The van der Waals surface area contributed by atoms with Gasteiger partial charge >= 0.3 is 0 Å². The third-order valence-corrected chi connectivity index (χ3v) is 5.37. The highest BCUT2D eigenvalue weighted by Gasteiger charge is 2.17. The molecule has 0 amide bonds. The van der Waals surface area contributed by atoms with Gasteiger partial charge in [-0.05, 0) is 56.7 Å². The summed E-state index contributed by atoms with van der Waals surface area (Å²) < 4.78 is 1.90. The monoisotopic (exact) mass is 355 g/mol. The van der Waals surface area contributed by atoms with Crippen LogP contribution in [-0.2, 0) is 33.0 Å². The Morgan fingerprint density at radius 3 is 2.50 bits per heavy atom. The van der Waals surface area contributed by atoms with Gasteiger partial charge in [0.05, 0.1) is 5.69 Å². The number of phenolic OH excluding ortho intramolecular Hbond substituents is 1. The van der Waals surface area contributed by atoms with E-state index < -0.39 is 0 Å². The number of aryl methyl sites for hydroxylation is 3. The lowest BCUT2D eigenvalue weighted by Crippen LogP contribution is -2.36. The van der Waals surface area contributed by atoms with Crippen LogP contribution in [0.25, 0.3) is 0 Å². The number of fused-ring (bicyclic) bond motifs is 1. The highest BCUT2D eigenvalue weighted by atomic mass is 16.3. The third-order valence-electron chi connectivity index (χ3n) is 5.37. The number of aromatic nitrogens is 2. The molecule has 0 saturated carbocycles. The second-order valence-corrected chi connectivity index (χ2v) is 6.96. The van der Waals surface area contributed by atoms with Crippen LogP contribution in [0.1, 0.15) is 46.5 Å². The predicted molar refractivity (Wildman–Crippen MR) is 104 cm³/mol. The first kappa shape index (κ1) is 18.3. The normalized spacial score (nSPS) is 14.2. The SMILES string of the molecule is CN=C(NCc1c(O)ccc2c1CCCC2)NCc1c(C)nn(C)c1C. The van der Waals surface area contributed by atoms with Gasteiger partial charge in [0.25, 0.3) is 0 Å². The zero-order valence-electron chi connectivity index (χ0n) is 16.2. The molecular weight excluding hydrogens is 326 g/mol. The number of rotatable bonds is 4. The largest absolute Gasteiger partial charge is 0.508 e. The Labute approximate surface area is 155 Å². The van der Waals surface area contributed by atoms with Gasteiger partial charge in [-0.25, -0.2) is 0 Å². The minimum absolute atomic E-state index is 0.368. The van der Waals surface area contributed by atoms with Gasteiger partial charge in [-0.15, -0.1) is 0 Å². The summed E-state index contributed by atoms with van der Waals surface area (Å²) in [5.74, 6) is 1.09. The quantitative estimate of drug-likeness (QED) is 0.582. The van der Waals surface area contributed by atoms with E-state index in [1.807, 2.05) is 24.7 Å². The van der Waals surface area contributed by atoms with Gasteiger partial charge in [-0.2, -0.15) is 5.10 Å². The predicted octanol–water partition coefficient (Wildman–Crippen LogP) is 2.49. The smallest absolute Gasteiger partial charge is 0.191 e. The standard InChI is InChI=1S/C20H29N5O/c1-13-17(14(2)25(4)24-13)11-22-20(21-3)23-12-18-16-8-6-5-7-15(16)9-10-19(18)26/h9-10,26H,5-8,11-12H2,1-4H3,(H2,21,22,23). The van der Waals surface area contributed by atoms with Gasteiger partial charge in [0.15, 0.2) is 5.96 Å². The molecule has 1 aliphatic carbocycles. The summed E-state index contributed by atoms with van der Waals surface area (Å²) in [4.78, 5) is 4.31. The molecule has 3 rings (SSSR count). The fourth-order valence-electron chi connectivity index (χ4n) is 3.73. The van der Waals surface area contributed by atoms with Crippen LogP contribution in [0, 0.1) is 13.8 Å². The van der Waals surface area contributed by atoms with E-state index >= 15 is 0 Å². The summed E-state index contributed by atoms with van der Waals surface area (Å²) >= 11 is 0. The summed E-state index contributed by atoms with van der Waals surface area (Å²) in [5, 5.41) is 21.5. The number of benzene rings is 1. The van der Waals surface area contributed by atoms with Gasteiger partial charge in [0, 0.05) is 44.0 Å². The molecule has 1 aliphatic rings. The lowest BCUT2D eigenvalue weighted by molar-refractivity contribution is 0.464. The van der Waals surface area contributed by atoms with E-state index in [0.29, 0.717) is 18.8 Å². The molecule has 140 valence electrons. The first-order valence-corrected chi connectivity index (χ1v) is 9.27. The van der Waals surface area contributed by atoms with Crippen LogP contribution in [-0.4, -0.2) is 27.9 Å². The summed E-state index contributed by atoms with van der Waals surface area (Å²) in [6.07, 6.45) is 4.57. The van der Waals surface area contributed by atoms with E-state index in [4.69, 9.17) is 0 Å². The van der Waals surface area contributed by atoms with E-state index in [9.17, 15) is 5.11 Å². The molecule has 0 radical (unpaired) electrons.